The molecule has 15 aromatic rings. The molecular formula is C115H114F2Ir5N11O14S-5. The summed E-state index contributed by atoms with van der Waals surface area (Å²) in [5.41, 5.74) is 23.1. The molecule has 0 aliphatic carbocycles. The van der Waals surface area contributed by atoms with Crippen LogP contribution in [0.5, 0.6) is 46.1 Å². The quantitative estimate of drug-likeness (QED) is 0.0462. The van der Waals surface area contributed by atoms with Crippen LogP contribution < -0.4 is 18.9 Å². The van der Waals surface area contributed by atoms with Crippen LogP contribution in [-0.2, 0) is 130 Å². The molecule has 25 nitrogen and oxygen atoms in total. The van der Waals surface area contributed by atoms with Crippen LogP contribution in [0.1, 0.15) is 164 Å². The van der Waals surface area contributed by atoms with E-state index >= 15 is 0 Å². The molecule has 20 rings (SSSR count). The van der Waals surface area contributed by atoms with Crippen molar-refractivity contribution in [1.29, 1.82) is 0 Å². The first-order valence-electron chi connectivity index (χ1n) is 45.6. The normalized spacial score (nSPS) is 11.6. The van der Waals surface area contributed by atoms with E-state index in [0.717, 1.165) is 148 Å². The van der Waals surface area contributed by atoms with E-state index in [1.165, 1.54) is 145 Å². The maximum Gasteiger partial charge on any atom is 0.155 e. The van der Waals surface area contributed by atoms with Crippen LogP contribution in [0.25, 0.3) is 85.4 Å². The molecule has 5 aliphatic rings. The van der Waals surface area contributed by atoms with Gasteiger partial charge >= 0.3 is 0 Å². The Morgan fingerprint density at radius 2 is 0.689 bits per heavy atom. The second kappa shape index (κ2) is 54.7. The Kier molecular flexibility index (Phi) is 45.7. The number of benzene rings is 9. The maximum absolute atomic E-state index is 13.5. The van der Waals surface area contributed by atoms with Gasteiger partial charge < -0.3 is 67.3 Å². The average molecular weight is 2910 g/mol. The van der Waals surface area contributed by atoms with E-state index < -0.39 is 5.95 Å². The zero-order valence-corrected chi connectivity index (χ0v) is 99.1. The first-order chi connectivity index (χ1) is 67.6. The number of ether oxygens (including phenoxy) is 4. The standard InChI is InChI=1S/C22H23N2O.C17H13FN3O.C17H12FN2O.C17H13N2O.C17H13N2S.5C5H8O2.5Ir/c1-13-8-7-9-17-20(13)25-19-11-10-16(22(4,5)6)12-18(19)24-15(3)14(2)23-21(17)24;1-9-4-6-13-14(8-9)22-17-12(5-7-15(18)20-17)16-19-10(2)11(3)21(13)16;1-10-11(2)20-14-5-3-4-6-15(14)21-16-9-12(18)7-8-13(16)17(20)19-10;2*1-11-12(2)19-14-8-4-6-10-16(14)20-15-9-5-3-7-13(15)17(19)18-11;5*1-4(6)3-5(2)7;;;;;/h7-8,10-12H,1-6H3;4,6-8H,1-3H3;3-7,9H,1-2H3;2*3-6,8-10H,1-2H3;5*3,6H,1-2H3;;;;;/q5*-1;;;;;;;;;;. The second-order valence-corrected chi connectivity index (χ2v) is 36.2. The van der Waals surface area contributed by atoms with E-state index in [-0.39, 0.29) is 175 Å². The monoisotopic (exact) mass is 2910 g/mol. The zero-order chi connectivity index (χ0) is 105. The topological polar surface area (TPSA) is 325 Å². The van der Waals surface area contributed by atoms with Crippen LogP contribution >= 0.6 is 11.8 Å². The summed E-state index contributed by atoms with van der Waals surface area (Å²) in [6.45, 7) is 45.4. The molecule has 0 bridgehead atoms. The van der Waals surface area contributed by atoms with Gasteiger partial charge in [0.1, 0.15) is 34.8 Å². The number of carbonyl (C=O) groups excluding carboxylic acids is 5. The molecule has 11 heterocycles. The number of pyridine rings is 1. The molecule has 0 amide bonds. The summed E-state index contributed by atoms with van der Waals surface area (Å²) >= 11 is 1.79. The fraction of sp³-hybridized carbons (Fsp3) is 0.226. The van der Waals surface area contributed by atoms with E-state index in [2.05, 4.69) is 176 Å². The fourth-order valence-electron chi connectivity index (χ4n) is 15.3. The molecule has 0 atom stereocenters. The first kappa shape index (κ1) is 124. The van der Waals surface area contributed by atoms with Crippen molar-refractivity contribution in [2.75, 3.05) is 0 Å². The molecule has 783 valence electrons. The molecule has 0 spiro atoms. The van der Waals surface area contributed by atoms with Crippen LogP contribution in [0.3, 0.4) is 0 Å². The van der Waals surface area contributed by atoms with Crippen molar-refractivity contribution in [2.24, 2.45) is 0 Å². The number of nitrogens with zero attached hydrogens (tertiary/aromatic N) is 11. The van der Waals surface area contributed by atoms with Crippen LogP contribution in [0.15, 0.2) is 245 Å². The summed E-state index contributed by atoms with van der Waals surface area (Å²) in [5.74, 6) is 8.14. The van der Waals surface area contributed by atoms with Crippen molar-refractivity contribution in [3.8, 4) is 132 Å². The van der Waals surface area contributed by atoms with Crippen molar-refractivity contribution in [1.82, 2.24) is 52.7 Å². The van der Waals surface area contributed by atoms with Gasteiger partial charge in [0.25, 0.3) is 0 Å². The van der Waals surface area contributed by atoms with Gasteiger partial charge in [-0.1, -0.05) is 121 Å². The molecule has 33 heteroatoms. The number of fused-ring (bicyclic) bond motifs is 25. The third-order valence-corrected chi connectivity index (χ3v) is 23.3. The van der Waals surface area contributed by atoms with Crippen molar-refractivity contribution in [2.45, 2.75) is 188 Å². The zero-order valence-electron chi connectivity index (χ0n) is 86.3. The summed E-state index contributed by atoms with van der Waals surface area (Å²) in [5, 5.41) is 41.8. The number of para-hydroxylation sites is 5. The minimum absolute atomic E-state index is 0. The molecule has 0 saturated heterocycles. The number of ketones is 5. The van der Waals surface area contributed by atoms with E-state index in [4.69, 9.17) is 59.4 Å². The van der Waals surface area contributed by atoms with Crippen molar-refractivity contribution >= 4 is 40.7 Å². The second-order valence-electron chi connectivity index (χ2n) is 35.2. The van der Waals surface area contributed by atoms with Gasteiger partial charge in [0, 0.05) is 216 Å². The Morgan fingerprint density at radius 3 is 1.14 bits per heavy atom. The molecule has 5 N–H and O–H groups in total. The number of allylic oxidation sites excluding steroid dienone is 10. The van der Waals surface area contributed by atoms with Gasteiger partial charge in [-0.3, -0.25) is 58.3 Å². The Labute approximate surface area is 933 Å². The molecular weight excluding hydrogens is 2790 g/mol. The number of aliphatic hydroxyl groups is 5. The molecule has 0 saturated carbocycles. The Bertz CT molecular complexity index is 7250. The van der Waals surface area contributed by atoms with Gasteiger partial charge in [-0.15, -0.1) is 96.7 Å². The molecule has 5 radical (unpaired) electrons. The summed E-state index contributed by atoms with van der Waals surface area (Å²) in [6, 6.07) is 72.1. The largest absolute Gasteiger partial charge is 0.512 e. The smallest absolute Gasteiger partial charge is 0.155 e. The Balaban J connectivity index is 0.000000259. The number of carbonyl (C=O) groups is 5. The molecule has 6 aromatic heterocycles. The number of hydrogen-bond acceptors (Lipinski definition) is 21. The van der Waals surface area contributed by atoms with Crippen molar-refractivity contribution in [3.05, 3.63) is 351 Å². The van der Waals surface area contributed by atoms with E-state index in [1.54, 1.807) is 11.8 Å². The van der Waals surface area contributed by atoms with Crippen LogP contribution in [0.2, 0.25) is 0 Å². The van der Waals surface area contributed by atoms with Crippen molar-refractivity contribution < 1.29 is 178 Å². The molecule has 9 aromatic carbocycles. The number of aryl methyl sites for hydroxylation is 7. The number of halogens is 2. The van der Waals surface area contributed by atoms with Gasteiger partial charge in [-0.2, -0.15) is 0 Å². The van der Waals surface area contributed by atoms with Gasteiger partial charge in [0.05, 0.1) is 86.4 Å². The number of imidazole rings is 5. The number of rotatable bonds is 5. The third-order valence-electron chi connectivity index (χ3n) is 22.1. The predicted octanol–water partition coefficient (Wildman–Crippen LogP) is 27.4. The van der Waals surface area contributed by atoms with E-state index in [0.29, 0.717) is 34.2 Å². The van der Waals surface area contributed by atoms with Crippen LogP contribution in [-0.4, -0.2) is 107 Å². The number of aliphatic hydroxyl groups excluding tert-OH is 5. The molecule has 5 aliphatic heterocycles. The number of aromatic nitrogens is 11. The molecule has 148 heavy (non-hydrogen) atoms. The minimum Gasteiger partial charge on any atom is -0.512 e. The summed E-state index contributed by atoms with van der Waals surface area (Å²) in [7, 11) is 0. The van der Waals surface area contributed by atoms with Gasteiger partial charge in [-0.05, 0) is 228 Å². The van der Waals surface area contributed by atoms with Crippen molar-refractivity contribution in [3.63, 3.8) is 0 Å². The summed E-state index contributed by atoms with van der Waals surface area (Å²) < 4.78 is 61.8. The summed E-state index contributed by atoms with van der Waals surface area (Å²) in [4.78, 5) is 79.9. The maximum atomic E-state index is 13.5. The SMILES string of the molecule is CC(=O)C=C(C)O.CC(=O)C=C(C)O.CC(=O)C=C(C)O.CC(=O)C=C(C)O.CC(=O)C=C(C)O.Cc1cc[c-]c2c1Oc1ccc(C(C)(C)C)cc1-n1c-2nc(C)c1C.Cc1ccc2c(c1)Oc1nc(F)c[c-]c1-c1nc(C)c(C)n1-2.Cc1nc2n(c1C)-c1ccccc1Oc1cc(F)c[c-]c1-2.Cc1nc2n(c1C)-c1ccccc1Oc1ccc[c-]c1-2.Cc1nc2n(c1C)-c1ccccc1Sc1ccc[c-]c1-2.[Ir].[Ir].[Ir].[Ir].[Ir]. The predicted molar refractivity (Wildman–Crippen MR) is 552 cm³/mol. The molecule has 0 fully saturated rings. The molecule has 0 unspecified atom stereocenters. The van der Waals surface area contributed by atoms with Gasteiger partial charge in [0.15, 0.2) is 28.9 Å². The number of hydrogen-bond donors (Lipinski definition) is 5. The summed E-state index contributed by atoms with van der Waals surface area (Å²) in [6.07, 6.45) is 5.83. The van der Waals surface area contributed by atoms with Crippen LogP contribution in [0, 0.1) is 125 Å². The van der Waals surface area contributed by atoms with Crippen LogP contribution in [0.4, 0.5) is 8.78 Å². The fourth-order valence-corrected chi connectivity index (χ4v) is 16.3. The van der Waals surface area contributed by atoms with Gasteiger partial charge in [-0.25, -0.2) is 4.39 Å². The Hall–Kier alpha value is -13.1. The first-order valence-corrected chi connectivity index (χ1v) is 46.4. The Morgan fingerprint density at radius 1 is 0.331 bits per heavy atom. The third kappa shape index (κ3) is 30.8. The van der Waals surface area contributed by atoms with Gasteiger partial charge in [0.2, 0.25) is 0 Å². The average Bonchev–Trinajstić information content (AvgIpc) is 1.59. The minimum atomic E-state index is -0.624. The van der Waals surface area contributed by atoms with E-state index in [1.807, 2.05) is 154 Å². The van der Waals surface area contributed by atoms with E-state index in [9.17, 15) is 32.8 Å².